The molecule has 1 amide bonds. The highest BCUT2D eigenvalue weighted by Gasteiger charge is 2.25. The van der Waals surface area contributed by atoms with E-state index >= 15 is 0 Å². The van der Waals surface area contributed by atoms with Gasteiger partial charge in [0.2, 0.25) is 0 Å². The maximum atomic E-state index is 11.6. The van der Waals surface area contributed by atoms with Crippen molar-refractivity contribution in [3.63, 3.8) is 0 Å². The molecule has 72 valence electrons. The van der Waals surface area contributed by atoms with Gasteiger partial charge in [0.05, 0.1) is 6.42 Å². The summed E-state index contributed by atoms with van der Waals surface area (Å²) in [6, 6.07) is -0.572. The number of nitrogens with zero attached hydrogens (tertiary/aromatic N) is 2. The first-order valence-corrected chi connectivity index (χ1v) is 4.47. The Morgan fingerprint density at radius 2 is 2.15 bits per heavy atom. The van der Waals surface area contributed by atoms with Crippen LogP contribution in [0.1, 0.15) is 20.3 Å². The molecule has 13 heavy (non-hydrogen) atoms. The third kappa shape index (κ3) is 3.29. The van der Waals surface area contributed by atoms with E-state index in [2.05, 4.69) is 11.4 Å². The second kappa shape index (κ2) is 6.24. The summed E-state index contributed by atoms with van der Waals surface area (Å²) in [5.41, 5.74) is 0. The maximum Gasteiger partial charge on any atom is 0.306 e. The standard InChI is InChI=1S/C10H16N2O/c1-5-8-9(11-4)10(13)12(6-2)7-3/h5,9H,1,6-8H2,2-3H3. The Hall–Kier alpha value is -1.30. The fraction of sp³-hybridized carbons (Fsp3) is 0.600. The van der Waals surface area contributed by atoms with Crippen LogP contribution in [0.15, 0.2) is 12.7 Å². The van der Waals surface area contributed by atoms with E-state index in [-0.39, 0.29) is 5.91 Å². The Morgan fingerprint density at radius 3 is 2.46 bits per heavy atom. The first-order chi connectivity index (χ1) is 6.21. The lowest BCUT2D eigenvalue weighted by Gasteiger charge is -2.18. The summed E-state index contributed by atoms with van der Waals surface area (Å²) in [5.74, 6) is -0.0834. The van der Waals surface area contributed by atoms with Crippen molar-refractivity contribution in [2.75, 3.05) is 13.1 Å². The van der Waals surface area contributed by atoms with Crippen LogP contribution in [0.25, 0.3) is 4.85 Å². The van der Waals surface area contributed by atoms with Crippen molar-refractivity contribution >= 4 is 5.91 Å². The van der Waals surface area contributed by atoms with Gasteiger partial charge in [0.1, 0.15) is 0 Å². The van der Waals surface area contributed by atoms with Crippen molar-refractivity contribution in [3.05, 3.63) is 24.1 Å². The molecule has 0 fully saturated rings. The number of carbonyl (C=O) groups is 1. The Kier molecular flexibility index (Phi) is 5.62. The van der Waals surface area contributed by atoms with Crippen LogP contribution in [0.2, 0.25) is 0 Å². The lowest BCUT2D eigenvalue weighted by Crippen LogP contribution is -2.37. The maximum absolute atomic E-state index is 11.6. The molecule has 0 saturated heterocycles. The topological polar surface area (TPSA) is 24.7 Å². The number of hydrogen-bond acceptors (Lipinski definition) is 1. The molecule has 1 unspecified atom stereocenters. The van der Waals surface area contributed by atoms with Crippen molar-refractivity contribution < 1.29 is 4.79 Å². The van der Waals surface area contributed by atoms with Crippen LogP contribution in [-0.4, -0.2) is 29.9 Å². The molecule has 0 aliphatic heterocycles. The molecular weight excluding hydrogens is 164 g/mol. The third-order valence-corrected chi connectivity index (χ3v) is 1.91. The quantitative estimate of drug-likeness (QED) is 0.467. The summed E-state index contributed by atoms with van der Waals surface area (Å²) >= 11 is 0. The van der Waals surface area contributed by atoms with E-state index < -0.39 is 6.04 Å². The van der Waals surface area contributed by atoms with Crippen LogP contribution >= 0.6 is 0 Å². The molecule has 0 aliphatic carbocycles. The Balaban J connectivity index is 4.35. The molecule has 0 saturated carbocycles. The van der Waals surface area contributed by atoms with Crippen LogP contribution < -0.4 is 0 Å². The Labute approximate surface area is 79.9 Å². The van der Waals surface area contributed by atoms with Gasteiger partial charge >= 0.3 is 11.9 Å². The van der Waals surface area contributed by atoms with Crippen LogP contribution in [0.5, 0.6) is 0 Å². The van der Waals surface area contributed by atoms with Gasteiger partial charge in [-0.2, -0.15) is 0 Å². The van der Waals surface area contributed by atoms with Gasteiger partial charge in [-0.1, -0.05) is 6.08 Å². The van der Waals surface area contributed by atoms with Gasteiger partial charge in [-0.25, -0.2) is 6.57 Å². The van der Waals surface area contributed by atoms with Crippen molar-refractivity contribution in [2.24, 2.45) is 0 Å². The molecule has 0 heterocycles. The van der Waals surface area contributed by atoms with Gasteiger partial charge in [0.25, 0.3) is 0 Å². The van der Waals surface area contributed by atoms with Gasteiger partial charge in [-0.3, -0.25) is 4.79 Å². The lowest BCUT2D eigenvalue weighted by molar-refractivity contribution is -0.131. The van der Waals surface area contributed by atoms with Crippen LogP contribution in [0.4, 0.5) is 0 Å². The highest BCUT2D eigenvalue weighted by atomic mass is 16.2. The monoisotopic (exact) mass is 180 g/mol. The minimum atomic E-state index is -0.572. The summed E-state index contributed by atoms with van der Waals surface area (Å²) in [5, 5.41) is 0. The molecule has 0 aromatic rings. The summed E-state index contributed by atoms with van der Waals surface area (Å²) < 4.78 is 0. The predicted octanol–water partition coefficient (Wildman–Crippen LogP) is 1.72. The first-order valence-electron chi connectivity index (χ1n) is 4.47. The average molecular weight is 180 g/mol. The molecule has 0 rings (SSSR count). The van der Waals surface area contributed by atoms with Crippen LogP contribution in [-0.2, 0) is 4.79 Å². The smallest absolute Gasteiger partial charge is 0.306 e. The van der Waals surface area contributed by atoms with E-state index in [1.54, 1.807) is 11.0 Å². The Morgan fingerprint density at radius 1 is 1.62 bits per heavy atom. The average Bonchev–Trinajstić information content (AvgIpc) is 2.15. The molecule has 0 N–H and O–H groups in total. The zero-order valence-electron chi connectivity index (χ0n) is 8.29. The lowest BCUT2D eigenvalue weighted by atomic mass is 10.2. The summed E-state index contributed by atoms with van der Waals surface area (Å²) in [7, 11) is 0. The van der Waals surface area contributed by atoms with E-state index in [1.807, 2.05) is 13.8 Å². The van der Waals surface area contributed by atoms with E-state index in [9.17, 15) is 4.79 Å². The van der Waals surface area contributed by atoms with Crippen molar-refractivity contribution in [1.29, 1.82) is 0 Å². The molecule has 0 spiro atoms. The minimum Gasteiger partial charge on any atom is -0.337 e. The molecule has 0 radical (unpaired) electrons. The van der Waals surface area contributed by atoms with Crippen molar-refractivity contribution in [2.45, 2.75) is 26.3 Å². The summed E-state index contributed by atoms with van der Waals surface area (Å²) in [4.78, 5) is 16.5. The van der Waals surface area contributed by atoms with Crippen molar-refractivity contribution in [3.8, 4) is 0 Å². The Bertz CT molecular complexity index is 213. The number of likely N-dealkylation sites (N-methyl/N-ethyl adjacent to an activating group) is 1. The largest absolute Gasteiger partial charge is 0.337 e. The van der Waals surface area contributed by atoms with E-state index in [0.717, 1.165) is 0 Å². The second-order valence-electron chi connectivity index (χ2n) is 2.68. The fourth-order valence-corrected chi connectivity index (χ4v) is 1.11. The van der Waals surface area contributed by atoms with Gasteiger partial charge in [0.15, 0.2) is 0 Å². The van der Waals surface area contributed by atoms with E-state index in [0.29, 0.717) is 19.5 Å². The summed E-state index contributed by atoms with van der Waals surface area (Å²) in [6.45, 7) is 15.6. The molecule has 3 heteroatoms. The van der Waals surface area contributed by atoms with Crippen molar-refractivity contribution in [1.82, 2.24) is 4.90 Å². The minimum absolute atomic E-state index is 0.0834. The predicted molar refractivity (Wildman–Crippen MR) is 53.1 cm³/mol. The summed E-state index contributed by atoms with van der Waals surface area (Å²) in [6.07, 6.45) is 2.06. The SMILES string of the molecule is [C-]#[N+]C(CC=C)C(=O)N(CC)CC. The van der Waals surface area contributed by atoms with Gasteiger partial charge in [0, 0.05) is 13.1 Å². The zero-order chi connectivity index (χ0) is 10.3. The van der Waals surface area contributed by atoms with Gasteiger partial charge in [-0.05, 0) is 13.8 Å². The number of rotatable bonds is 5. The van der Waals surface area contributed by atoms with E-state index in [1.165, 1.54) is 0 Å². The normalized spacial score (nSPS) is 11.5. The highest BCUT2D eigenvalue weighted by molar-refractivity contribution is 5.83. The van der Waals surface area contributed by atoms with Gasteiger partial charge < -0.3 is 9.74 Å². The molecule has 1 atom stereocenters. The fourth-order valence-electron chi connectivity index (χ4n) is 1.11. The zero-order valence-corrected chi connectivity index (χ0v) is 8.29. The molecular formula is C10H16N2O. The van der Waals surface area contributed by atoms with Gasteiger partial charge in [-0.15, -0.1) is 6.58 Å². The number of hydrogen-bond donors (Lipinski definition) is 0. The third-order valence-electron chi connectivity index (χ3n) is 1.91. The molecule has 0 aromatic carbocycles. The molecule has 0 bridgehead atoms. The molecule has 3 nitrogen and oxygen atoms in total. The first kappa shape index (κ1) is 11.7. The van der Waals surface area contributed by atoms with Crippen LogP contribution in [0.3, 0.4) is 0 Å². The molecule has 0 aliphatic rings. The molecule has 0 aromatic heterocycles. The number of carbonyl (C=O) groups excluding carboxylic acids is 1. The second-order valence-corrected chi connectivity index (χ2v) is 2.68. The highest BCUT2D eigenvalue weighted by Crippen LogP contribution is 2.04. The van der Waals surface area contributed by atoms with Crippen LogP contribution in [0, 0.1) is 6.57 Å². The number of amides is 1. The van der Waals surface area contributed by atoms with E-state index in [4.69, 9.17) is 6.57 Å².